The molecule has 2 aromatic heterocycles. The predicted octanol–water partition coefficient (Wildman–Crippen LogP) is 4.64. The molecule has 0 atom stereocenters. The first-order valence-corrected chi connectivity index (χ1v) is 9.88. The molecule has 1 aliphatic heterocycles. The smallest absolute Gasteiger partial charge is 0.131 e. The fraction of sp³-hybridized carbons (Fsp3) is 0.333. The maximum atomic E-state index is 4.83. The molecule has 0 bridgehead atoms. The normalized spacial score (nSPS) is 17.4. The highest BCUT2D eigenvalue weighted by atomic mass is 32.1. The van der Waals surface area contributed by atoms with Gasteiger partial charge in [-0.15, -0.1) is 11.3 Å². The minimum absolute atomic E-state index is 0.644. The second-order valence-electron chi connectivity index (χ2n) is 7.07. The predicted molar refractivity (Wildman–Crippen MR) is 102 cm³/mol. The highest BCUT2D eigenvalue weighted by Gasteiger charge is 2.28. The van der Waals surface area contributed by atoms with Crippen LogP contribution < -0.4 is 0 Å². The zero-order valence-electron chi connectivity index (χ0n) is 14.2. The lowest BCUT2D eigenvalue weighted by molar-refractivity contribution is 0.244. The summed E-state index contributed by atoms with van der Waals surface area (Å²) in [4.78, 5) is 14.7. The first kappa shape index (κ1) is 15.2. The summed E-state index contributed by atoms with van der Waals surface area (Å²) in [6.45, 7) is 3.08. The van der Waals surface area contributed by atoms with E-state index in [0.29, 0.717) is 5.92 Å². The van der Waals surface area contributed by atoms with Gasteiger partial charge in [-0.3, -0.25) is 4.90 Å². The molecule has 1 saturated carbocycles. The van der Waals surface area contributed by atoms with Crippen LogP contribution in [0.15, 0.2) is 48.7 Å². The molecule has 0 N–H and O–H groups in total. The molecule has 1 fully saturated rings. The molecule has 0 amide bonds. The SMILES string of the molecule is c1ccc(-c2ccc(CN3CCc4nc(C5CC5)ncc4C3)s2)cc1. The van der Waals surface area contributed by atoms with Crippen LogP contribution in [-0.4, -0.2) is 21.4 Å². The van der Waals surface area contributed by atoms with Crippen molar-refractivity contribution in [2.75, 3.05) is 6.54 Å². The summed E-state index contributed by atoms with van der Waals surface area (Å²) in [7, 11) is 0. The number of hydrogen-bond acceptors (Lipinski definition) is 4. The molecule has 4 heteroatoms. The standard InChI is InChI=1S/C21H21N3S/c1-2-4-15(5-3-1)20-9-8-18(25-20)14-24-11-10-19-17(13-24)12-22-21(23-19)16-6-7-16/h1-5,8-9,12,16H,6-7,10-11,13-14H2. The first-order valence-electron chi connectivity index (χ1n) is 9.06. The van der Waals surface area contributed by atoms with Crippen molar-refractivity contribution in [3.05, 3.63) is 70.6 Å². The average Bonchev–Trinajstić information content (AvgIpc) is 3.41. The van der Waals surface area contributed by atoms with Gasteiger partial charge in [0.25, 0.3) is 0 Å². The van der Waals surface area contributed by atoms with Crippen LogP contribution in [0, 0.1) is 0 Å². The third kappa shape index (κ3) is 3.24. The summed E-state index contributed by atoms with van der Waals surface area (Å²) < 4.78 is 0. The van der Waals surface area contributed by atoms with Crippen LogP contribution in [0.3, 0.4) is 0 Å². The van der Waals surface area contributed by atoms with Gasteiger partial charge >= 0.3 is 0 Å². The van der Waals surface area contributed by atoms with Crippen LogP contribution >= 0.6 is 11.3 Å². The third-order valence-electron chi connectivity index (χ3n) is 5.07. The van der Waals surface area contributed by atoms with Gasteiger partial charge in [-0.2, -0.15) is 0 Å². The van der Waals surface area contributed by atoms with Crippen molar-refractivity contribution in [1.29, 1.82) is 0 Å². The summed E-state index contributed by atoms with van der Waals surface area (Å²) in [6, 6.07) is 15.2. The Kier molecular flexibility index (Phi) is 3.87. The van der Waals surface area contributed by atoms with Crippen molar-refractivity contribution in [2.24, 2.45) is 0 Å². The Hall–Kier alpha value is -2.04. The Labute approximate surface area is 152 Å². The maximum absolute atomic E-state index is 4.83. The van der Waals surface area contributed by atoms with Gasteiger partial charge in [-0.1, -0.05) is 30.3 Å². The number of fused-ring (bicyclic) bond motifs is 1. The Balaban J connectivity index is 1.29. The van der Waals surface area contributed by atoms with Crippen LogP contribution in [0.4, 0.5) is 0 Å². The van der Waals surface area contributed by atoms with Crippen LogP contribution in [0.1, 0.15) is 40.7 Å². The number of aromatic nitrogens is 2. The van der Waals surface area contributed by atoms with Gasteiger partial charge in [0.15, 0.2) is 0 Å². The summed E-state index contributed by atoms with van der Waals surface area (Å²) in [5.74, 6) is 1.73. The third-order valence-corrected chi connectivity index (χ3v) is 6.19. The molecule has 0 saturated heterocycles. The summed E-state index contributed by atoms with van der Waals surface area (Å²) >= 11 is 1.90. The van der Waals surface area contributed by atoms with Gasteiger partial charge in [-0.05, 0) is 30.5 Å². The van der Waals surface area contributed by atoms with Crippen molar-refractivity contribution in [3.63, 3.8) is 0 Å². The molecule has 1 aliphatic carbocycles. The van der Waals surface area contributed by atoms with E-state index in [-0.39, 0.29) is 0 Å². The lowest BCUT2D eigenvalue weighted by Crippen LogP contribution is -2.30. The average molecular weight is 347 g/mol. The van der Waals surface area contributed by atoms with E-state index in [9.17, 15) is 0 Å². The Morgan fingerprint density at radius 1 is 1.08 bits per heavy atom. The van der Waals surface area contributed by atoms with Gasteiger partial charge in [0.05, 0.1) is 0 Å². The molecule has 3 heterocycles. The van der Waals surface area contributed by atoms with Gasteiger partial charge in [0.1, 0.15) is 5.82 Å². The Morgan fingerprint density at radius 2 is 1.96 bits per heavy atom. The number of nitrogens with zero attached hydrogens (tertiary/aromatic N) is 3. The van der Waals surface area contributed by atoms with Crippen LogP contribution in [0.5, 0.6) is 0 Å². The molecule has 126 valence electrons. The van der Waals surface area contributed by atoms with E-state index >= 15 is 0 Å². The van der Waals surface area contributed by atoms with Crippen molar-refractivity contribution < 1.29 is 0 Å². The molecule has 5 rings (SSSR count). The van der Waals surface area contributed by atoms with Gasteiger partial charge in [0.2, 0.25) is 0 Å². The van der Waals surface area contributed by atoms with Gasteiger partial charge in [0, 0.05) is 59.2 Å². The lowest BCUT2D eigenvalue weighted by atomic mass is 10.1. The van der Waals surface area contributed by atoms with Gasteiger partial charge < -0.3 is 0 Å². The molecule has 2 aliphatic rings. The first-order chi connectivity index (χ1) is 12.3. The van der Waals surface area contributed by atoms with Crippen LogP contribution in [-0.2, 0) is 19.5 Å². The Bertz CT molecular complexity index is 883. The van der Waals surface area contributed by atoms with E-state index in [2.05, 4.69) is 58.5 Å². The largest absolute Gasteiger partial charge is 0.293 e. The zero-order chi connectivity index (χ0) is 16.6. The molecule has 3 aromatic rings. The van der Waals surface area contributed by atoms with Crippen molar-refractivity contribution in [3.8, 4) is 10.4 Å². The number of rotatable bonds is 4. The molecule has 0 radical (unpaired) electrons. The minimum Gasteiger partial charge on any atom is -0.293 e. The number of hydrogen-bond donors (Lipinski definition) is 0. The number of benzene rings is 1. The summed E-state index contributed by atoms with van der Waals surface area (Å²) in [5.41, 5.74) is 3.91. The maximum Gasteiger partial charge on any atom is 0.131 e. The lowest BCUT2D eigenvalue weighted by Gasteiger charge is -2.27. The van der Waals surface area contributed by atoms with Crippen molar-refractivity contribution in [1.82, 2.24) is 14.9 Å². The molecule has 25 heavy (non-hydrogen) atoms. The summed E-state index contributed by atoms with van der Waals surface area (Å²) in [5, 5.41) is 0. The second kappa shape index (κ2) is 6.36. The van der Waals surface area contributed by atoms with Crippen molar-refractivity contribution >= 4 is 11.3 Å². The monoisotopic (exact) mass is 347 g/mol. The number of thiophene rings is 1. The quantitative estimate of drug-likeness (QED) is 0.688. The Morgan fingerprint density at radius 3 is 2.80 bits per heavy atom. The molecule has 0 spiro atoms. The van der Waals surface area contributed by atoms with E-state index in [0.717, 1.165) is 31.9 Å². The highest BCUT2D eigenvalue weighted by Crippen LogP contribution is 2.38. The molecule has 3 nitrogen and oxygen atoms in total. The molecular weight excluding hydrogens is 326 g/mol. The van der Waals surface area contributed by atoms with Crippen LogP contribution in [0.25, 0.3) is 10.4 Å². The van der Waals surface area contributed by atoms with E-state index < -0.39 is 0 Å². The zero-order valence-corrected chi connectivity index (χ0v) is 15.0. The van der Waals surface area contributed by atoms with Crippen LogP contribution in [0.2, 0.25) is 0 Å². The van der Waals surface area contributed by atoms with E-state index in [4.69, 9.17) is 4.98 Å². The highest BCUT2D eigenvalue weighted by molar-refractivity contribution is 7.15. The van der Waals surface area contributed by atoms with Gasteiger partial charge in [-0.25, -0.2) is 9.97 Å². The van der Waals surface area contributed by atoms with E-state index in [1.54, 1.807) is 0 Å². The summed E-state index contributed by atoms with van der Waals surface area (Å²) in [6.07, 6.45) is 5.67. The second-order valence-corrected chi connectivity index (χ2v) is 8.24. The fourth-order valence-corrected chi connectivity index (χ4v) is 4.56. The topological polar surface area (TPSA) is 29.0 Å². The molecule has 1 aromatic carbocycles. The van der Waals surface area contributed by atoms with Crippen molar-refractivity contribution in [2.45, 2.75) is 38.3 Å². The van der Waals surface area contributed by atoms with E-state index in [1.807, 2.05) is 11.3 Å². The molecular formula is C21H21N3S. The minimum atomic E-state index is 0.644. The van der Waals surface area contributed by atoms with E-state index in [1.165, 1.54) is 39.4 Å². The fourth-order valence-electron chi connectivity index (χ4n) is 3.50. The molecule has 0 unspecified atom stereocenters.